The normalized spacial score (nSPS) is 10.5. The van der Waals surface area contributed by atoms with E-state index in [0.29, 0.717) is 12.1 Å². The van der Waals surface area contributed by atoms with Crippen LogP contribution < -0.4 is 10.1 Å². The molecule has 0 radical (unpaired) electrons. The number of methoxy groups -OCH3 is 1. The number of hydrogen-bond donors (Lipinski definition) is 1. The molecular formula is C16H21N3O2. The molecule has 5 nitrogen and oxygen atoms in total. The fraction of sp³-hybridized carbons (Fsp3) is 0.375. The molecular weight excluding hydrogens is 266 g/mol. The third-order valence-corrected chi connectivity index (χ3v) is 3.67. The standard InChI is InChI=1S/C16H21N3O2/c1-11-15(12(2)19(3)18-11)9-10-17-16(20)13-5-7-14(21-4)8-6-13/h5-8H,9-10H2,1-4H3,(H,17,20). The molecule has 2 aromatic rings. The third-order valence-electron chi connectivity index (χ3n) is 3.67. The molecule has 0 unspecified atom stereocenters. The molecule has 0 spiro atoms. The summed E-state index contributed by atoms with van der Waals surface area (Å²) in [6.07, 6.45) is 0.785. The summed E-state index contributed by atoms with van der Waals surface area (Å²) in [6.45, 7) is 4.63. The van der Waals surface area contributed by atoms with Gasteiger partial charge in [-0.3, -0.25) is 9.48 Å². The Morgan fingerprint density at radius 2 is 1.95 bits per heavy atom. The van der Waals surface area contributed by atoms with Crippen LogP contribution in [0, 0.1) is 13.8 Å². The molecule has 21 heavy (non-hydrogen) atoms. The van der Waals surface area contributed by atoms with E-state index < -0.39 is 0 Å². The summed E-state index contributed by atoms with van der Waals surface area (Å²) < 4.78 is 6.95. The van der Waals surface area contributed by atoms with Gasteiger partial charge in [0.25, 0.3) is 5.91 Å². The van der Waals surface area contributed by atoms with Crippen LogP contribution >= 0.6 is 0 Å². The van der Waals surface area contributed by atoms with Gasteiger partial charge >= 0.3 is 0 Å². The van der Waals surface area contributed by atoms with Crippen LogP contribution in [0.4, 0.5) is 0 Å². The molecule has 0 saturated carbocycles. The molecule has 0 bridgehead atoms. The average molecular weight is 287 g/mol. The summed E-state index contributed by atoms with van der Waals surface area (Å²) in [5.74, 6) is 0.671. The summed E-state index contributed by atoms with van der Waals surface area (Å²) in [5.41, 5.74) is 4.00. The van der Waals surface area contributed by atoms with Crippen LogP contribution in [-0.4, -0.2) is 29.3 Å². The van der Waals surface area contributed by atoms with Crippen LogP contribution in [0.5, 0.6) is 5.75 Å². The predicted molar refractivity (Wildman–Crippen MR) is 81.7 cm³/mol. The molecule has 1 amide bonds. The Balaban J connectivity index is 1.92. The van der Waals surface area contributed by atoms with Crippen molar-refractivity contribution in [2.45, 2.75) is 20.3 Å². The Kier molecular flexibility index (Phi) is 4.62. The molecule has 1 heterocycles. The van der Waals surface area contributed by atoms with Crippen LogP contribution in [0.25, 0.3) is 0 Å². The van der Waals surface area contributed by atoms with E-state index in [1.807, 2.05) is 25.6 Å². The van der Waals surface area contributed by atoms with E-state index in [1.165, 1.54) is 5.56 Å². The van der Waals surface area contributed by atoms with E-state index in [9.17, 15) is 4.79 Å². The van der Waals surface area contributed by atoms with E-state index in [-0.39, 0.29) is 5.91 Å². The lowest BCUT2D eigenvalue weighted by Gasteiger charge is -2.06. The highest BCUT2D eigenvalue weighted by Crippen LogP contribution is 2.13. The van der Waals surface area contributed by atoms with Gasteiger partial charge in [-0.1, -0.05) is 0 Å². The van der Waals surface area contributed by atoms with E-state index in [0.717, 1.165) is 23.6 Å². The molecule has 0 aliphatic rings. The molecule has 0 aliphatic heterocycles. The van der Waals surface area contributed by atoms with Gasteiger partial charge in [-0.05, 0) is 50.1 Å². The summed E-state index contributed by atoms with van der Waals surface area (Å²) in [7, 11) is 3.54. The Hall–Kier alpha value is -2.30. The highest BCUT2D eigenvalue weighted by molar-refractivity contribution is 5.94. The maximum Gasteiger partial charge on any atom is 0.251 e. The first kappa shape index (κ1) is 15.1. The van der Waals surface area contributed by atoms with Gasteiger partial charge in [-0.15, -0.1) is 0 Å². The van der Waals surface area contributed by atoms with Crippen LogP contribution in [0.3, 0.4) is 0 Å². The van der Waals surface area contributed by atoms with Crippen molar-refractivity contribution in [2.24, 2.45) is 7.05 Å². The number of aryl methyl sites for hydroxylation is 2. The second-order valence-electron chi connectivity index (χ2n) is 5.01. The number of nitrogens with zero attached hydrogens (tertiary/aromatic N) is 2. The molecule has 1 aromatic carbocycles. The molecule has 1 aromatic heterocycles. The van der Waals surface area contributed by atoms with Gasteiger partial charge in [0.1, 0.15) is 5.75 Å². The zero-order valence-electron chi connectivity index (χ0n) is 12.9. The van der Waals surface area contributed by atoms with Crippen molar-refractivity contribution in [3.63, 3.8) is 0 Å². The molecule has 0 aliphatic carbocycles. The van der Waals surface area contributed by atoms with E-state index in [1.54, 1.807) is 31.4 Å². The fourth-order valence-electron chi connectivity index (χ4n) is 2.32. The van der Waals surface area contributed by atoms with Crippen molar-refractivity contribution in [3.05, 3.63) is 46.8 Å². The number of hydrogen-bond acceptors (Lipinski definition) is 3. The van der Waals surface area contributed by atoms with E-state index in [4.69, 9.17) is 4.74 Å². The Labute approximate surface area is 124 Å². The zero-order chi connectivity index (χ0) is 15.4. The van der Waals surface area contributed by atoms with Crippen molar-refractivity contribution in [1.82, 2.24) is 15.1 Å². The van der Waals surface area contributed by atoms with Gasteiger partial charge in [0.05, 0.1) is 12.8 Å². The first-order valence-electron chi connectivity index (χ1n) is 6.94. The second kappa shape index (κ2) is 6.43. The smallest absolute Gasteiger partial charge is 0.251 e. The number of rotatable bonds is 5. The number of nitrogens with one attached hydrogen (secondary N) is 1. The Morgan fingerprint density at radius 1 is 1.29 bits per heavy atom. The van der Waals surface area contributed by atoms with Crippen LogP contribution in [-0.2, 0) is 13.5 Å². The number of carbonyl (C=O) groups excluding carboxylic acids is 1. The number of benzene rings is 1. The molecule has 0 atom stereocenters. The molecule has 1 N–H and O–H groups in total. The maximum atomic E-state index is 12.0. The van der Waals surface area contributed by atoms with Gasteiger partial charge in [0, 0.05) is 24.8 Å². The van der Waals surface area contributed by atoms with Crippen LogP contribution in [0.2, 0.25) is 0 Å². The van der Waals surface area contributed by atoms with Gasteiger partial charge < -0.3 is 10.1 Å². The van der Waals surface area contributed by atoms with Crippen molar-refractivity contribution in [2.75, 3.05) is 13.7 Å². The van der Waals surface area contributed by atoms with Crippen LogP contribution in [0.15, 0.2) is 24.3 Å². The molecule has 112 valence electrons. The van der Waals surface area contributed by atoms with Crippen molar-refractivity contribution >= 4 is 5.91 Å². The van der Waals surface area contributed by atoms with Crippen molar-refractivity contribution < 1.29 is 9.53 Å². The lowest BCUT2D eigenvalue weighted by atomic mass is 10.1. The molecule has 0 fully saturated rings. The van der Waals surface area contributed by atoms with Gasteiger partial charge in [0.15, 0.2) is 0 Å². The predicted octanol–water partition coefficient (Wildman–Crippen LogP) is 2.02. The van der Waals surface area contributed by atoms with Gasteiger partial charge in [-0.2, -0.15) is 5.10 Å². The van der Waals surface area contributed by atoms with E-state index in [2.05, 4.69) is 10.4 Å². The minimum Gasteiger partial charge on any atom is -0.497 e. The monoisotopic (exact) mass is 287 g/mol. The van der Waals surface area contributed by atoms with Crippen LogP contribution in [0.1, 0.15) is 27.3 Å². The summed E-state index contributed by atoms with van der Waals surface area (Å²) in [4.78, 5) is 12.0. The topological polar surface area (TPSA) is 56.1 Å². The second-order valence-corrected chi connectivity index (χ2v) is 5.01. The lowest BCUT2D eigenvalue weighted by Crippen LogP contribution is -2.25. The number of amides is 1. The Bertz CT molecular complexity index is 630. The first-order valence-corrected chi connectivity index (χ1v) is 6.94. The highest BCUT2D eigenvalue weighted by Gasteiger charge is 2.10. The number of carbonyl (C=O) groups is 1. The van der Waals surface area contributed by atoms with Gasteiger partial charge in [-0.25, -0.2) is 0 Å². The molecule has 2 rings (SSSR count). The Morgan fingerprint density at radius 3 is 2.48 bits per heavy atom. The summed E-state index contributed by atoms with van der Waals surface area (Å²) in [5, 5.41) is 7.31. The average Bonchev–Trinajstić information content (AvgIpc) is 2.73. The quantitative estimate of drug-likeness (QED) is 0.915. The minimum absolute atomic E-state index is 0.0724. The zero-order valence-corrected chi connectivity index (χ0v) is 12.9. The van der Waals surface area contributed by atoms with Gasteiger partial charge in [0.2, 0.25) is 0 Å². The summed E-state index contributed by atoms with van der Waals surface area (Å²) >= 11 is 0. The lowest BCUT2D eigenvalue weighted by molar-refractivity contribution is 0.0954. The number of aromatic nitrogens is 2. The third kappa shape index (κ3) is 3.42. The largest absolute Gasteiger partial charge is 0.497 e. The minimum atomic E-state index is -0.0724. The fourth-order valence-corrected chi connectivity index (χ4v) is 2.32. The first-order chi connectivity index (χ1) is 10.0. The van der Waals surface area contributed by atoms with Crippen molar-refractivity contribution in [1.29, 1.82) is 0 Å². The number of ether oxygens (including phenoxy) is 1. The van der Waals surface area contributed by atoms with E-state index >= 15 is 0 Å². The maximum absolute atomic E-state index is 12.0. The van der Waals surface area contributed by atoms with Crippen molar-refractivity contribution in [3.8, 4) is 5.75 Å². The highest BCUT2D eigenvalue weighted by atomic mass is 16.5. The molecule has 5 heteroatoms. The SMILES string of the molecule is COc1ccc(C(=O)NCCc2c(C)nn(C)c2C)cc1. The molecule has 0 saturated heterocycles. The summed E-state index contributed by atoms with van der Waals surface area (Å²) in [6, 6.07) is 7.08.